The average molecular weight is 575 g/mol. The van der Waals surface area contributed by atoms with Gasteiger partial charge in [0.1, 0.15) is 24.4 Å². The molecule has 1 aliphatic heterocycles. The molecule has 3 unspecified atom stereocenters. The molecular formula is C35H58O6. The summed E-state index contributed by atoms with van der Waals surface area (Å²) in [5.74, 6) is 5.12. The van der Waals surface area contributed by atoms with Crippen LogP contribution in [0.2, 0.25) is 0 Å². The van der Waals surface area contributed by atoms with E-state index in [1.807, 2.05) is 0 Å². The maximum absolute atomic E-state index is 10.5. The van der Waals surface area contributed by atoms with Crippen LogP contribution < -0.4 is 0 Å². The number of hydrogen-bond donors (Lipinski definition) is 4. The first-order valence-corrected chi connectivity index (χ1v) is 16.8. The van der Waals surface area contributed by atoms with Gasteiger partial charge in [0.05, 0.1) is 12.7 Å². The Balaban J connectivity index is 1.26. The lowest BCUT2D eigenvalue weighted by atomic mass is 9.46. The molecule has 5 aliphatic rings. The van der Waals surface area contributed by atoms with Gasteiger partial charge in [0.2, 0.25) is 0 Å². The summed E-state index contributed by atoms with van der Waals surface area (Å²) < 4.78 is 11.8. The highest BCUT2D eigenvalue weighted by atomic mass is 16.7. The van der Waals surface area contributed by atoms with E-state index in [9.17, 15) is 20.4 Å². The van der Waals surface area contributed by atoms with Gasteiger partial charge in [-0.1, -0.05) is 65.3 Å². The van der Waals surface area contributed by atoms with Crippen LogP contribution in [0, 0.1) is 52.3 Å². The normalized spacial score (nSPS) is 47.9. The van der Waals surface area contributed by atoms with E-state index in [0.29, 0.717) is 29.1 Å². The molecule has 1 heterocycles. The molecule has 0 aromatic heterocycles. The fourth-order valence-corrected chi connectivity index (χ4v) is 10.3. The van der Waals surface area contributed by atoms with Crippen LogP contribution >= 0.6 is 0 Å². The van der Waals surface area contributed by atoms with E-state index in [2.05, 4.69) is 59.8 Å². The second-order valence-electron chi connectivity index (χ2n) is 15.2. The fourth-order valence-electron chi connectivity index (χ4n) is 10.3. The van der Waals surface area contributed by atoms with Crippen LogP contribution in [0.3, 0.4) is 0 Å². The smallest absolute Gasteiger partial charge is 0.187 e. The average Bonchev–Trinajstić information content (AvgIpc) is 3.30. The lowest BCUT2D eigenvalue weighted by Crippen LogP contribution is -2.59. The quantitative estimate of drug-likeness (QED) is 0.281. The Labute approximate surface area is 248 Å². The molecule has 4 N–H and O–H groups in total. The number of aliphatic hydroxyl groups excluding tert-OH is 4. The second-order valence-corrected chi connectivity index (χ2v) is 15.2. The van der Waals surface area contributed by atoms with Crippen LogP contribution in [0.4, 0.5) is 0 Å². The molecule has 6 nitrogen and oxygen atoms in total. The Morgan fingerprint density at radius 2 is 1.71 bits per heavy atom. The van der Waals surface area contributed by atoms with Crippen molar-refractivity contribution in [3.63, 3.8) is 0 Å². The summed E-state index contributed by atoms with van der Waals surface area (Å²) in [7, 11) is 0. The van der Waals surface area contributed by atoms with Gasteiger partial charge >= 0.3 is 0 Å². The summed E-state index contributed by atoms with van der Waals surface area (Å²) >= 11 is 0. The van der Waals surface area contributed by atoms with Crippen molar-refractivity contribution in [2.24, 2.45) is 52.3 Å². The highest BCUT2D eigenvalue weighted by molar-refractivity contribution is 5.26. The zero-order chi connectivity index (χ0) is 29.7. The third-order valence-corrected chi connectivity index (χ3v) is 12.9. The van der Waals surface area contributed by atoms with E-state index in [1.54, 1.807) is 0 Å². The Morgan fingerprint density at radius 1 is 0.951 bits per heavy atom. The first kappa shape index (κ1) is 31.7. The van der Waals surface area contributed by atoms with Gasteiger partial charge in [0.15, 0.2) is 6.29 Å². The molecule has 234 valence electrons. The van der Waals surface area contributed by atoms with Gasteiger partial charge in [0, 0.05) is 0 Å². The number of fused-ring (bicyclic) bond motifs is 5. The maximum Gasteiger partial charge on any atom is 0.187 e. The van der Waals surface area contributed by atoms with Crippen LogP contribution in [0.15, 0.2) is 23.8 Å². The molecule has 1 saturated heterocycles. The molecule has 0 aromatic rings. The Hall–Kier alpha value is -0.760. The van der Waals surface area contributed by atoms with Crippen molar-refractivity contribution in [3.8, 4) is 0 Å². The number of ether oxygens (including phenoxy) is 2. The van der Waals surface area contributed by atoms with E-state index in [-0.39, 0.29) is 11.5 Å². The predicted molar refractivity (Wildman–Crippen MR) is 161 cm³/mol. The van der Waals surface area contributed by atoms with E-state index in [0.717, 1.165) is 37.0 Å². The van der Waals surface area contributed by atoms with Crippen LogP contribution in [0.5, 0.6) is 0 Å². The number of allylic oxidation sites excluding steroid dienone is 3. The third-order valence-electron chi connectivity index (χ3n) is 12.9. The molecule has 0 bridgehead atoms. The number of rotatable bonds is 8. The van der Waals surface area contributed by atoms with E-state index >= 15 is 0 Å². The van der Waals surface area contributed by atoms with Crippen molar-refractivity contribution in [2.45, 2.75) is 136 Å². The van der Waals surface area contributed by atoms with Gasteiger partial charge in [-0.05, 0) is 110 Å². The molecule has 3 saturated carbocycles. The van der Waals surface area contributed by atoms with Crippen LogP contribution in [-0.4, -0.2) is 63.8 Å². The zero-order valence-electron chi connectivity index (χ0n) is 26.4. The van der Waals surface area contributed by atoms with Crippen molar-refractivity contribution in [1.82, 2.24) is 0 Å². The van der Waals surface area contributed by atoms with Gasteiger partial charge in [0.25, 0.3) is 0 Å². The SMILES string of the molecule is CC[C@H](/C=C/[C@@H](C)C1CC[C@H]2[C@@H]3CCC4=C[C@@H](O[C@@H]5OC(CO)[C@@H](O)[C@@H](O)C5O)CC[C@]4(C)[C@H]3CC[C@]12C)C(C)C. The van der Waals surface area contributed by atoms with Crippen molar-refractivity contribution in [1.29, 1.82) is 0 Å². The summed E-state index contributed by atoms with van der Waals surface area (Å²) in [6, 6.07) is 0. The zero-order valence-corrected chi connectivity index (χ0v) is 26.4. The molecule has 6 heteroatoms. The van der Waals surface area contributed by atoms with E-state index in [4.69, 9.17) is 9.47 Å². The molecule has 5 rings (SSSR count). The molecule has 4 fully saturated rings. The van der Waals surface area contributed by atoms with Crippen molar-refractivity contribution in [2.75, 3.05) is 6.61 Å². The Bertz CT molecular complexity index is 960. The largest absolute Gasteiger partial charge is 0.394 e. The molecule has 14 atom stereocenters. The fraction of sp³-hybridized carbons (Fsp3) is 0.886. The first-order valence-electron chi connectivity index (χ1n) is 16.8. The predicted octanol–water partition coefficient (Wildman–Crippen LogP) is 5.63. The molecule has 41 heavy (non-hydrogen) atoms. The molecule has 0 spiro atoms. The van der Waals surface area contributed by atoms with Crippen LogP contribution in [0.25, 0.3) is 0 Å². The van der Waals surface area contributed by atoms with Gasteiger partial charge in [-0.15, -0.1) is 0 Å². The lowest BCUT2D eigenvalue weighted by molar-refractivity contribution is -0.308. The van der Waals surface area contributed by atoms with Crippen molar-refractivity contribution in [3.05, 3.63) is 23.8 Å². The number of hydrogen-bond acceptors (Lipinski definition) is 6. The molecule has 4 aliphatic carbocycles. The van der Waals surface area contributed by atoms with E-state index < -0.39 is 37.3 Å². The maximum atomic E-state index is 10.5. The van der Waals surface area contributed by atoms with Crippen molar-refractivity contribution >= 4 is 0 Å². The van der Waals surface area contributed by atoms with Crippen LogP contribution in [0.1, 0.15) is 99.3 Å². The van der Waals surface area contributed by atoms with E-state index in [1.165, 1.54) is 44.1 Å². The topological polar surface area (TPSA) is 99.4 Å². The summed E-state index contributed by atoms with van der Waals surface area (Å²) in [4.78, 5) is 0. The lowest BCUT2D eigenvalue weighted by Gasteiger charge is -2.59. The summed E-state index contributed by atoms with van der Waals surface area (Å²) in [5.41, 5.74) is 2.12. The third kappa shape index (κ3) is 5.64. The molecular weight excluding hydrogens is 516 g/mol. The summed E-state index contributed by atoms with van der Waals surface area (Å²) in [6.07, 6.45) is 11.9. The highest BCUT2D eigenvalue weighted by Gasteiger charge is 2.59. The second kappa shape index (κ2) is 12.3. The molecule has 0 aromatic carbocycles. The monoisotopic (exact) mass is 574 g/mol. The van der Waals surface area contributed by atoms with Crippen LogP contribution in [-0.2, 0) is 9.47 Å². The summed E-state index contributed by atoms with van der Waals surface area (Å²) in [5, 5.41) is 40.4. The van der Waals surface area contributed by atoms with Crippen molar-refractivity contribution < 1.29 is 29.9 Å². The first-order chi connectivity index (χ1) is 19.4. The molecule has 0 amide bonds. The minimum atomic E-state index is -1.41. The Kier molecular flexibility index (Phi) is 9.51. The Morgan fingerprint density at radius 3 is 2.39 bits per heavy atom. The minimum Gasteiger partial charge on any atom is -0.394 e. The van der Waals surface area contributed by atoms with Gasteiger partial charge < -0.3 is 29.9 Å². The standard InChI is InChI=1S/C35H58O6/c1-7-22(20(2)3)9-8-21(4)26-12-13-27-25-11-10-23-18-24(14-16-34(23,5)28(25)15-17-35(26,27)6)40-33-32(39)31(38)30(37)29(19-36)41-33/h8-9,18,20-22,24-33,36-39H,7,10-17,19H2,1-6H3/b9-8+/t21-,22-,24+,25+,26?,27+,28+,29?,30-,31-,32?,33-,34+,35-/m1/s1. The minimum absolute atomic E-state index is 0.189. The molecule has 0 radical (unpaired) electrons. The number of aliphatic hydroxyl groups is 4. The van der Waals surface area contributed by atoms with Gasteiger partial charge in [-0.25, -0.2) is 0 Å². The highest BCUT2D eigenvalue weighted by Crippen LogP contribution is 2.67. The van der Waals surface area contributed by atoms with Gasteiger partial charge in [-0.3, -0.25) is 0 Å². The van der Waals surface area contributed by atoms with Gasteiger partial charge in [-0.2, -0.15) is 0 Å². The summed E-state index contributed by atoms with van der Waals surface area (Å²) in [6.45, 7) is 14.2.